The summed E-state index contributed by atoms with van der Waals surface area (Å²) >= 11 is 0. The predicted molar refractivity (Wildman–Crippen MR) is 68.0 cm³/mol. The van der Waals surface area contributed by atoms with E-state index in [9.17, 15) is 4.79 Å². The summed E-state index contributed by atoms with van der Waals surface area (Å²) in [7, 11) is 0. The largest absolute Gasteiger partial charge is 0.396 e. The Kier molecular flexibility index (Phi) is 3.15. The Balaban J connectivity index is 1.77. The van der Waals surface area contributed by atoms with Gasteiger partial charge in [-0.1, -0.05) is 18.2 Å². The van der Waals surface area contributed by atoms with Gasteiger partial charge in [-0.2, -0.15) is 0 Å². The first-order valence-electron chi connectivity index (χ1n) is 5.86. The first-order valence-corrected chi connectivity index (χ1v) is 5.86. The van der Waals surface area contributed by atoms with E-state index in [0.717, 1.165) is 5.69 Å². The normalized spacial score (nSPS) is 10.2. The minimum absolute atomic E-state index is 0.0164. The fourth-order valence-electron chi connectivity index (χ4n) is 1.58. The first-order chi connectivity index (χ1) is 9.83. The van der Waals surface area contributed by atoms with Crippen LogP contribution in [0.15, 0.2) is 59.4 Å². The van der Waals surface area contributed by atoms with Crippen molar-refractivity contribution in [1.82, 2.24) is 15.4 Å². The van der Waals surface area contributed by atoms with Gasteiger partial charge in [0.1, 0.15) is 4.80 Å². The van der Waals surface area contributed by atoms with Gasteiger partial charge in [0.15, 0.2) is 0 Å². The number of carbonyl (C=O) groups excluding carboxylic acids is 1. The average Bonchev–Trinajstić information content (AvgIpc) is 2.97. The van der Waals surface area contributed by atoms with Gasteiger partial charge in [0, 0.05) is 24.5 Å². The zero-order chi connectivity index (χ0) is 13.8. The highest BCUT2D eigenvalue weighted by molar-refractivity contribution is 6.02. The maximum absolute atomic E-state index is 11.9. The first kappa shape index (κ1) is 12.0. The predicted octanol–water partition coefficient (Wildman–Crippen LogP) is 0.994. The standard InChI is InChI=1S/C13H9N5O2/c19-12(10-5-4-8-14-9-10)15-13-16-18(17-20-13)11-6-2-1-3-7-11/h1-9H/p+1. The summed E-state index contributed by atoms with van der Waals surface area (Å²) in [6, 6.07) is 12.6. The highest BCUT2D eigenvalue weighted by Gasteiger charge is 2.19. The maximum atomic E-state index is 11.9. The zero-order valence-electron chi connectivity index (χ0n) is 10.3. The Bertz CT molecular complexity index is 712. The van der Waals surface area contributed by atoms with E-state index in [4.69, 9.17) is 4.52 Å². The van der Waals surface area contributed by atoms with Crippen LogP contribution in [0.5, 0.6) is 0 Å². The molecule has 7 heteroatoms. The molecule has 0 unspecified atom stereocenters. The van der Waals surface area contributed by atoms with Gasteiger partial charge in [-0.15, -0.1) is 0 Å². The molecule has 1 aromatic carbocycles. The summed E-state index contributed by atoms with van der Waals surface area (Å²) in [5, 5.41) is 10.3. The number of hydrogen-bond acceptors (Lipinski definition) is 5. The average molecular weight is 268 g/mol. The third kappa shape index (κ3) is 2.51. The van der Waals surface area contributed by atoms with Crippen LogP contribution in [0.25, 0.3) is 5.69 Å². The van der Waals surface area contributed by atoms with Crippen molar-refractivity contribution in [3.63, 3.8) is 0 Å². The number of amides is 1. The van der Waals surface area contributed by atoms with Crippen LogP contribution in [0.2, 0.25) is 0 Å². The smallest absolute Gasteiger partial charge is 0.269 e. The number of para-hydroxylation sites is 1. The molecule has 1 N–H and O–H groups in total. The van der Waals surface area contributed by atoms with Gasteiger partial charge in [0.2, 0.25) is 5.27 Å². The number of rotatable bonds is 3. The van der Waals surface area contributed by atoms with E-state index in [1.54, 1.807) is 18.3 Å². The van der Waals surface area contributed by atoms with Gasteiger partial charge >= 0.3 is 6.01 Å². The molecule has 0 radical (unpaired) electrons. The number of nitrogens with one attached hydrogen (secondary N) is 1. The van der Waals surface area contributed by atoms with Gasteiger partial charge in [0.25, 0.3) is 11.6 Å². The highest BCUT2D eigenvalue weighted by atomic mass is 16.5. The second-order valence-corrected chi connectivity index (χ2v) is 3.90. The van der Waals surface area contributed by atoms with E-state index in [-0.39, 0.29) is 11.9 Å². The second kappa shape index (κ2) is 5.27. The Morgan fingerprint density at radius 2 is 2.00 bits per heavy atom. The third-order valence-corrected chi connectivity index (χ3v) is 2.52. The Labute approximate surface area is 113 Å². The van der Waals surface area contributed by atoms with Crippen LogP contribution in [-0.4, -0.2) is 21.3 Å². The van der Waals surface area contributed by atoms with Gasteiger partial charge in [-0.25, -0.2) is 0 Å². The van der Waals surface area contributed by atoms with E-state index < -0.39 is 0 Å². The lowest BCUT2D eigenvalue weighted by Crippen LogP contribution is -2.35. The number of pyridine rings is 1. The van der Waals surface area contributed by atoms with Crippen LogP contribution in [0, 0.1) is 0 Å². The molecule has 3 aromatic rings. The van der Waals surface area contributed by atoms with Crippen molar-refractivity contribution in [2.45, 2.75) is 0 Å². The quantitative estimate of drug-likeness (QED) is 0.716. The number of nitrogens with zero attached hydrogens (tertiary/aromatic N) is 4. The van der Waals surface area contributed by atoms with E-state index in [1.165, 1.54) is 11.0 Å². The lowest BCUT2D eigenvalue weighted by Gasteiger charge is -1.96. The van der Waals surface area contributed by atoms with Crippen molar-refractivity contribution >= 4 is 11.9 Å². The van der Waals surface area contributed by atoms with Crippen molar-refractivity contribution in [2.75, 3.05) is 5.32 Å². The van der Waals surface area contributed by atoms with E-state index in [2.05, 4.69) is 20.7 Å². The van der Waals surface area contributed by atoms with Gasteiger partial charge in [-0.3, -0.25) is 19.6 Å². The SMILES string of the molecule is O=C(Nc1n[n+](-c2ccccc2)no1)c1cccnc1. The molecule has 1 amide bonds. The van der Waals surface area contributed by atoms with Crippen LogP contribution in [0.4, 0.5) is 6.01 Å². The lowest BCUT2D eigenvalue weighted by atomic mass is 10.3. The van der Waals surface area contributed by atoms with Crippen LogP contribution >= 0.6 is 0 Å². The number of carbonyl (C=O) groups is 1. The minimum atomic E-state index is -0.359. The maximum Gasteiger partial charge on any atom is 0.396 e. The van der Waals surface area contributed by atoms with E-state index in [0.29, 0.717) is 5.56 Å². The van der Waals surface area contributed by atoms with Crippen LogP contribution in [-0.2, 0) is 0 Å². The molecule has 0 saturated heterocycles. The topological polar surface area (TPSA) is 84.8 Å². The van der Waals surface area contributed by atoms with Crippen LogP contribution in [0.1, 0.15) is 10.4 Å². The van der Waals surface area contributed by atoms with Crippen LogP contribution in [0.3, 0.4) is 0 Å². The molecule has 0 aliphatic rings. The third-order valence-electron chi connectivity index (χ3n) is 2.52. The molecule has 7 nitrogen and oxygen atoms in total. The molecule has 0 spiro atoms. The molecule has 0 saturated carbocycles. The van der Waals surface area contributed by atoms with Crippen LogP contribution < -0.4 is 10.1 Å². The monoisotopic (exact) mass is 268 g/mol. The van der Waals surface area contributed by atoms with Crippen molar-refractivity contribution in [1.29, 1.82) is 0 Å². The zero-order valence-corrected chi connectivity index (χ0v) is 10.3. The molecule has 0 fully saturated rings. The van der Waals surface area contributed by atoms with Crippen molar-refractivity contribution in [3.05, 3.63) is 60.4 Å². The second-order valence-electron chi connectivity index (χ2n) is 3.90. The van der Waals surface area contributed by atoms with Crippen molar-refractivity contribution in [3.8, 4) is 5.69 Å². The molecule has 0 aliphatic heterocycles. The molecule has 98 valence electrons. The molecular weight excluding hydrogens is 258 g/mol. The Morgan fingerprint density at radius 3 is 2.75 bits per heavy atom. The Hall–Kier alpha value is -3.09. The number of benzene rings is 1. The minimum Gasteiger partial charge on any atom is -0.269 e. The number of aromatic nitrogens is 4. The molecular formula is C13H10N5O2+. The summed E-state index contributed by atoms with van der Waals surface area (Å²) in [6.07, 6.45) is 3.05. The summed E-state index contributed by atoms with van der Waals surface area (Å²) in [4.78, 5) is 17.0. The summed E-state index contributed by atoms with van der Waals surface area (Å²) in [6.45, 7) is 0. The molecule has 2 aromatic heterocycles. The summed E-state index contributed by atoms with van der Waals surface area (Å²) in [5.41, 5.74) is 1.15. The van der Waals surface area contributed by atoms with Crippen molar-refractivity contribution < 1.29 is 14.1 Å². The van der Waals surface area contributed by atoms with E-state index in [1.807, 2.05) is 30.3 Å². The van der Waals surface area contributed by atoms with Gasteiger partial charge < -0.3 is 0 Å². The number of hydrogen-bond donors (Lipinski definition) is 1. The Morgan fingerprint density at radius 1 is 1.15 bits per heavy atom. The molecule has 2 heterocycles. The molecule has 0 aliphatic carbocycles. The molecule has 0 atom stereocenters. The van der Waals surface area contributed by atoms with E-state index >= 15 is 0 Å². The fraction of sp³-hybridized carbons (Fsp3) is 0. The summed E-state index contributed by atoms with van der Waals surface area (Å²) in [5.74, 6) is -0.359. The highest BCUT2D eigenvalue weighted by Crippen LogP contribution is 2.03. The molecule has 0 bridgehead atoms. The molecule has 20 heavy (non-hydrogen) atoms. The molecule has 3 rings (SSSR count). The van der Waals surface area contributed by atoms with Crippen molar-refractivity contribution in [2.24, 2.45) is 0 Å². The van der Waals surface area contributed by atoms with Gasteiger partial charge in [-0.05, 0) is 12.1 Å². The fourth-order valence-corrected chi connectivity index (χ4v) is 1.58. The summed E-state index contributed by atoms with van der Waals surface area (Å²) < 4.78 is 4.96. The lowest BCUT2D eigenvalue weighted by molar-refractivity contribution is -0.724. The number of anilines is 1. The van der Waals surface area contributed by atoms with Gasteiger partial charge in [0.05, 0.1) is 10.7 Å².